The van der Waals surface area contributed by atoms with Crippen LogP contribution in [0.25, 0.3) is 0 Å². The summed E-state index contributed by atoms with van der Waals surface area (Å²) in [7, 11) is 1.62. The normalized spacial score (nSPS) is 21.8. The Hall–Kier alpha value is -2.73. The van der Waals surface area contributed by atoms with Crippen LogP contribution in [-0.4, -0.2) is 49.4 Å². The van der Waals surface area contributed by atoms with Gasteiger partial charge >= 0.3 is 5.97 Å². The molecule has 6 heteroatoms. The minimum Gasteiger partial charge on any atom is -0.497 e. The highest BCUT2D eigenvalue weighted by Crippen LogP contribution is 2.36. The van der Waals surface area contributed by atoms with Crippen molar-refractivity contribution in [3.8, 4) is 17.2 Å². The van der Waals surface area contributed by atoms with Crippen LogP contribution in [0.5, 0.6) is 17.2 Å². The minimum absolute atomic E-state index is 0.0604. The summed E-state index contributed by atoms with van der Waals surface area (Å²) in [5, 5.41) is 9.72. The number of carboxylic acid groups (broad SMARTS) is 1. The Kier molecular flexibility index (Phi) is 4.90. The lowest BCUT2D eigenvalue weighted by atomic mass is 9.89. The Balaban J connectivity index is 1.52. The molecule has 2 atom stereocenters. The van der Waals surface area contributed by atoms with Crippen LogP contribution in [-0.2, 0) is 11.3 Å². The van der Waals surface area contributed by atoms with Crippen LogP contribution in [0.1, 0.15) is 17.0 Å². The zero-order valence-corrected chi connectivity index (χ0v) is 15.3. The maximum Gasteiger partial charge on any atom is 0.308 e. The van der Waals surface area contributed by atoms with Crippen LogP contribution in [0.3, 0.4) is 0 Å². The Bertz CT molecular complexity index is 837. The van der Waals surface area contributed by atoms with Crippen LogP contribution in [0.4, 0.5) is 0 Å². The molecule has 0 spiro atoms. The SMILES string of the molecule is COc1cccc([C@@H]2CN(Cc3ccc4c(c3)OCCO4)C[C@H]2C(=O)O)c1. The molecule has 2 aromatic carbocycles. The van der Waals surface area contributed by atoms with E-state index in [-0.39, 0.29) is 5.92 Å². The molecule has 1 fully saturated rings. The molecule has 0 aromatic heterocycles. The molecule has 27 heavy (non-hydrogen) atoms. The monoisotopic (exact) mass is 369 g/mol. The van der Waals surface area contributed by atoms with Crippen molar-refractivity contribution in [3.63, 3.8) is 0 Å². The van der Waals surface area contributed by atoms with E-state index < -0.39 is 11.9 Å². The molecule has 0 bridgehead atoms. The molecule has 142 valence electrons. The molecule has 6 nitrogen and oxygen atoms in total. The molecule has 0 unspecified atom stereocenters. The molecule has 2 heterocycles. The van der Waals surface area contributed by atoms with E-state index in [0.29, 0.717) is 32.8 Å². The average molecular weight is 369 g/mol. The number of hydrogen-bond acceptors (Lipinski definition) is 5. The van der Waals surface area contributed by atoms with Crippen molar-refractivity contribution in [1.82, 2.24) is 4.90 Å². The lowest BCUT2D eigenvalue weighted by molar-refractivity contribution is -0.141. The molecule has 1 N–H and O–H groups in total. The van der Waals surface area contributed by atoms with E-state index in [9.17, 15) is 9.90 Å². The van der Waals surface area contributed by atoms with Gasteiger partial charge in [-0.2, -0.15) is 0 Å². The summed E-state index contributed by atoms with van der Waals surface area (Å²) in [6, 6.07) is 13.6. The highest BCUT2D eigenvalue weighted by Gasteiger charge is 2.38. The molecule has 0 aliphatic carbocycles. The number of likely N-dealkylation sites (tertiary alicyclic amines) is 1. The van der Waals surface area contributed by atoms with Gasteiger partial charge in [0.25, 0.3) is 0 Å². The summed E-state index contributed by atoms with van der Waals surface area (Å²) < 4.78 is 16.5. The maximum absolute atomic E-state index is 11.8. The second-order valence-corrected chi connectivity index (χ2v) is 7.00. The van der Waals surface area contributed by atoms with E-state index in [2.05, 4.69) is 4.90 Å². The number of rotatable bonds is 5. The van der Waals surface area contributed by atoms with Crippen LogP contribution < -0.4 is 14.2 Å². The van der Waals surface area contributed by atoms with Gasteiger partial charge in [0.2, 0.25) is 0 Å². The van der Waals surface area contributed by atoms with E-state index in [1.807, 2.05) is 42.5 Å². The van der Waals surface area contributed by atoms with E-state index in [0.717, 1.165) is 28.4 Å². The maximum atomic E-state index is 11.8. The van der Waals surface area contributed by atoms with Crippen LogP contribution >= 0.6 is 0 Å². The van der Waals surface area contributed by atoms with E-state index in [1.54, 1.807) is 7.11 Å². The molecule has 0 amide bonds. The summed E-state index contributed by atoms with van der Waals surface area (Å²) in [5.41, 5.74) is 2.10. The smallest absolute Gasteiger partial charge is 0.308 e. The molecule has 0 radical (unpaired) electrons. The van der Waals surface area contributed by atoms with Crippen LogP contribution in [0, 0.1) is 5.92 Å². The van der Waals surface area contributed by atoms with Crippen molar-refractivity contribution in [1.29, 1.82) is 0 Å². The van der Waals surface area contributed by atoms with Gasteiger partial charge in [0, 0.05) is 25.6 Å². The molecule has 2 aliphatic heterocycles. The van der Waals surface area contributed by atoms with Gasteiger partial charge in [0.15, 0.2) is 11.5 Å². The predicted octanol–water partition coefficient (Wildman–Crippen LogP) is 2.77. The Labute approximate surface area is 158 Å². The van der Waals surface area contributed by atoms with Crippen LogP contribution in [0.2, 0.25) is 0 Å². The Morgan fingerprint density at radius 3 is 2.74 bits per heavy atom. The number of ether oxygens (including phenoxy) is 3. The summed E-state index contributed by atoms with van der Waals surface area (Å²) in [6.45, 7) is 3.02. The number of hydrogen-bond donors (Lipinski definition) is 1. The quantitative estimate of drug-likeness (QED) is 0.874. The van der Waals surface area contributed by atoms with Crippen molar-refractivity contribution in [3.05, 3.63) is 53.6 Å². The molecule has 2 aliphatic rings. The van der Waals surface area contributed by atoms with Crippen molar-refractivity contribution < 1.29 is 24.1 Å². The van der Waals surface area contributed by atoms with Crippen molar-refractivity contribution >= 4 is 5.97 Å². The van der Waals surface area contributed by atoms with Gasteiger partial charge in [0.05, 0.1) is 13.0 Å². The third kappa shape index (κ3) is 3.71. The number of methoxy groups -OCH3 is 1. The van der Waals surface area contributed by atoms with E-state index in [4.69, 9.17) is 14.2 Å². The Morgan fingerprint density at radius 2 is 1.96 bits per heavy atom. The predicted molar refractivity (Wildman–Crippen MR) is 99.6 cm³/mol. The summed E-state index contributed by atoms with van der Waals surface area (Å²) in [6.07, 6.45) is 0. The average Bonchev–Trinajstić information content (AvgIpc) is 3.12. The van der Waals surface area contributed by atoms with Crippen molar-refractivity contribution in [2.24, 2.45) is 5.92 Å². The standard InChI is InChI=1S/C21H23NO5/c1-25-16-4-2-3-15(10-16)17-12-22(13-18(17)21(23)24)11-14-5-6-19-20(9-14)27-8-7-26-19/h2-6,9-10,17-18H,7-8,11-13H2,1H3,(H,23,24)/t17-,18+/m0/s1. The first kappa shape index (κ1) is 17.7. The number of aliphatic carboxylic acids is 1. The second-order valence-electron chi connectivity index (χ2n) is 7.00. The first-order chi connectivity index (χ1) is 13.1. The number of benzene rings is 2. The summed E-state index contributed by atoms with van der Waals surface area (Å²) >= 11 is 0. The molecule has 4 rings (SSSR count). The third-order valence-corrected chi connectivity index (χ3v) is 5.25. The first-order valence-corrected chi connectivity index (χ1v) is 9.11. The van der Waals surface area contributed by atoms with Crippen LogP contribution in [0.15, 0.2) is 42.5 Å². The van der Waals surface area contributed by atoms with Gasteiger partial charge in [-0.25, -0.2) is 0 Å². The fourth-order valence-electron chi connectivity index (χ4n) is 3.92. The first-order valence-electron chi connectivity index (χ1n) is 9.11. The topological polar surface area (TPSA) is 68.2 Å². The molecular weight excluding hydrogens is 346 g/mol. The fraction of sp³-hybridized carbons (Fsp3) is 0.381. The summed E-state index contributed by atoms with van der Waals surface area (Å²) in [5.74, 6) is 1.03. The van der Waals surface area contributed by atoms with Gasteiger partial charge < -0.3 is 19.3 Å². The molecular formula is C21H23NO5. The highest BCUT2D eigenvalue weighted by atomic mass is 16.6. The van der Waals surface area contributed by atoms with Crippen molar-refractivity contribution in [2.75, 3.05) is 33.4 Å². The van der Waals surface area contributed by atoms with Gasteiger partial charge in [-0.3, -0.25) is 9.69 Å². The highest BCUT2D eigenvalue weighted by molar-refractivity contribution is 5.72. The number of fused-ring (bicyclic) bond motifs is 1. The van der Waals surface area contributed by atoms with Gasteiger partial charge in [0.1, 0.15) is 19.0 Å². The summed E-state index contributed by atoms with van der Waals surface area (Å²) in [4.78, 5) is 14.0. The van der Waals surface area contributed by atoms with E-state index in [1.165, 1.54) is 0 Å². The fourth-order valence-corrected chi connectivity index (χ4v) is 3.92. The second kappa shape index (κ2) is 7.48. The lowest BCUT2D eigenvalue weighted by Gasteiger charge is -2.21. The van der Waals surface area contributed by atoms with Gasteiger partial charge in [-0.1, -0.05) is 18.2 Å². The zero-order valence-electron chi connectivity index (χ0n) is 15.3. The van der Waals surface area contributed by atoms with Gasteiger partial charge in [-0.15, -0.1) is 0 Å². The molecule has 1 saturated heterocycles. The largest absolute Gasteiger partial charge is 0.497 e. The van der Waals surface area contributed by atoms with E-state index >= 15 is 0 Å². The number of carbonyl (C=O) groups is 1. The van der Waals surface area contributed by atoms with Crippen molar-refractivity contribution in [2.45, 2.75) is 12.5 Å². The van der Waals surface area contributed by atoms with Gasteiger partial charge in [-0.05, 0) is 35.4 Å². The molecule has 2 aromatic rings. The number of nitrogens with zero attached hydrogens (tertiary/aromatic N) is 1. The lowest BCUT2D eigenvalue weighted by Crippen LogP contribution is -2.23. The molecule has 0 saturated carbocycles. The minimum atomic E-state index is -0.757. The zero-order chi connectivity index (χ0) is 18.8. The third-order valence-electron chi connectivity index (χ3n) is 5.25. The Morgan fingerprint density at radius 1 is 1.15 bits per heavy atom. The number of carboxylic acids is 1.